The summed E-state index contributed by atoms with van der Waals surface area (Å²) in [7, 11) is -10.8. The number of amides is 6. The van der Waals surface area contributed by atoms with Crippen molar-refractivity contribution >= 4 is 99.3 Å². The molecule has 660 valence electrons. The molecular weight excluding hydrogens is 1660 g/mol. The number of fused-ring (bicyclic) bond motifs is 6. The molecular formula is C97H107F3N6O16S3. The van der Waals surface area contributed by atoms with Gasteiger partial charge in [-0.25, -0.2) is 30.0 Å². The van der Waals surface area contributed by atoms with Gasteiger partial charge in [-0.15, -0.1) is 0 Å². The number of ether oxygens (including phenoxy) is 1. The number of likely N-dealkylation sites (tertiary alicyclic amines) is 3. The number of alkyl halides is 3. The number of rotatable bonds is 16. The Morgan fingerprint density at radius 3 is 0.984 bits per heavy atom. The lowest BCUT2D eigenvalue weighted by atomic mass is 9.71. The number of hydrogen-bond donors (Lipinski definition) is 3. The van der Waals surface area contributed by atoms with E-state index in [0.29, 0.717) is 94.0 Å². The Kier molecular flexibility index (Phi) is 25.1. The van der Waals surface area contributed by atoms with Crippen molar-refractivity contribution in [1.82, 2.24) is 14.7 Å². The summed E-state index contributed by atoms with van der Waals surface area (Å²) >= 11 is 0. The van der Waals surface area contributed by atoms with Gasteiger partial charge >= 0.3 is 18.2 Å². The number of aliphatic hydroxyl groups is 3. The molecule has 22 nitrogen and oxygen atoms in total. The molecule has 125 heavy (non-hydrogen) atoms. The Balaban J connectivity index is 0.000000161. The summed E-state index contributed by atoms with van der Waals surface area (Å²) in [6, 6.07) is 57.3. The molecule has 0 aromatic heterocycles. The minimum Gasteiger partial charge on any atom is -0.444 e. The van der Waals surface area contributed by atoms with Crippen LogP contribution in [-0.4, -0.2) is 159 Å². The van der Waals surface area contributed by atoms with Gasteiger partial charge in [-0.3, -0.25) is 38.7 Å². The number of sulfone groups is 3. The molecule has 3 N–H and O–H groups in total. The highest BCUT2D eigenvalue weighted by atomic mass is 32.2. The summed E-state index contributed by atoms with van der Waals surface area (Å²) in [5, 5.41) is 29.0. The largest absolute Gasteiger partial charge is 0.471 e. The van der Waals surface area contributed by atoms with Gasteiger partial charge in [0.05, 0.1) is 85.9 Å². The third-order valence-electron chi connectivity index (χ3n) is 24.6. The number of aliphatic hydroxyl groups excluding tert-OH is 3. The number of carbonyl (C=O) groups excluding carboxylic acids is 6. The molecule has 3 spiro atoms. The van der Waals surface area contributed by atoms with Crippen molar-refractivity contribution in [3.05, 3.63) is 234 Å². The fraction of sp³-hybridized carbons (Fsp3) is 0.381. The van der Waals surface area contributed by atoms with E-state index in [2.05, 4.69) is 34.6 Å². The molecule has 6 heterocycles. The van der Waals surface area contributed by atoms with Gasteiger partial charge in [0.2, 0.25) is 23.6 Å². The second-order valence-corrected chi connectivity index (χ2v) is 42.6. The minimum absolute atomic E-state index is 0.00963. The third kappa shape index (κ3) is 16.9. The van der Waals surface area contributed by atoms with Crippen LogP contribution in [0.25, 0.3) is 33.4 Å². The van der Waals surface area contributed by atoms with Crippen LogP contribution < -0.4 is 14.7 Å². The molecule has 28 heteroatoms. The number of anilines is 6. The van der Waals surface area contributed by atoms with Crippen LogP contribution in [0.15, 0.2) is 215 Å². The van der Waals surface area contributed by atoms with Gasteiger partial charge in [-0.1, -0.05) is 190 Å². The van der Waals surface area contributed by atoms with E-state index in [9.17, 15) is 82.5 Å². The second-order valence-electron chi connectivity index (χ2n) is 36.6. The predicted molar refractivity (Wildman–Crippen MR) is 475 cm³/mol. The highest BCUT2D eigenvalue weighted by Gasteiger charge is 2.66. The van der Waals surface area contributed by atoms with Crippen LogP contribution in [-0.2, 0) is 94.3 Å². The first-order valence-corrected chi connectivity index (χ1v) is 47.4. The van der Waals surface area contributed by atoms with Crippen molar-refractivity contribution in [2.24, 2.45) is 23.2 Å². The van der Waals surface area contributed by atoms with E-state index in [0.717, 1.165) is 57.3 Å². The molecule has 0 saturated carbocycles. The predicted octanol–water partition coefficient (Wildman–Crippen LogP) is 16.7. The summed E-state index contributed by atoms with van der Waals surface area (Å²) in [4.78, 5) is 92.9. The Hall–Kier alpha value is -10.9. The van der Waals surface area contributed by atoms with Crippen LogP contribution in [0.4, 0.5) is 52.1 Å². The van der Waals surface area contributed by atoms with Gasteiger partial charge in [-0.05, 0) is 203 Å². The molecule has 6 aliphatic heterocycles. The van der Waals surface area contributed by atoms with Crippen molar-refractivity contribution in [3.63, 3.8) is 0 Å². The Bertz CT molecular complexity index is 5900. The zero-order chi connectivity index (χ0) is 91.1. The van der Waals surface area contributed by atoms with Crippen LogP contribution in [0.1, 0.15) is 142 Å². The Morgan fingerprint density at radius 2 is 0.696 bits per heavy atom. The maximum absolute atomic E-state index is 14.8. The number of hydrogen-bond acceptors (Lipinski definition) is 16. The molecule has 6 amide bonds. The lowest BCUT2D eigenvalue weighted by Crippen LogP contribution is -2.54. The quantitative estimate of drug-likeness (QED) is 0.0810. The summed E-state index contributed by atoms with van der Waals surface area (Å²) in [5.41, 5.74) is 7.16. The van der Waals surface area contributed by atoms with Crippen molar-refractivity contribution in [2.45, 2.75) is 189 Å². The molecule has 9 aromatic carbocycles. The molecule has 6 aliphatic rings. The smallest absolute Gasteiger partial charge is 0.444 e. The molecule has 15 rings (SSSR count). The zero-order valence-electron chi connectivity index (χ0n) is 72.8. The Labute approximate surface area is 729 Å². The molecule has 0 aliphatic carbocycles. The fourth-order valence-electron chi connectivity index (χ4n) is 20.0. The van der Waals surface area contributed by atoms with Gasteiger partial charge in [-0.2, -0.15) is 13.2 Å². The van der Waals surface area contributed by atoms with Gasteiger partial charge in [0, 0.05) is 61.9 Å². The third-order valence-corrected chi connectivity index (χ3v) is 28.2. The van der Waals surface area contributed by atoms with Gasteiger partial charge in [0.15, 0.2) is 29.5 Å². The SMILES string of the molecule is CC(C)[C@@H]1N(C(=O)C(F)(F)F)CC[C@@]12C(=O)N(c1cccc(-c3ccc(CO)c(S(C)(=O)=O)c3)c1)c1ccccc12.CC(C)[C@@H]1N(C(=O)CC(C)(C)C)CC[C@@]12C(=O)N(c1cccc(-c3ccc(CO)c(S(C)(=O)=O)c3)c1)c1ccccc12.CC(C)[C@@H]1N(C(=O)OC(C)(C)C)CC[C@@]12C(=O)N(c1cccc(-c3ccc(CO)c(S(C)(=O)=O)c3)c1)c1ccccc12. The van der Waals surface area contributed by atoms with Crippen LogP contribution in [0.3, 0.4) is 0 Å². The molecule has 9 aromatic rings. The fourth-order valence-corrected chi connectivity index (χ4v) is 22.8. The first kappa shape index (κ1) is 91.8. The van der Waals surface area contributed by atoms with Crippen LogP contribution in [0.5, 0.6) is 0 Å². The highest BCUT2D eigenvalue weighted by Crippen LogP contribution is 2.59. The zero-order valence-corrected chi connectivity index (χ0v) is 75.2. The first-order valence-electron chi connectivity index (χ1n) is 41.7. The molecule has 0 radical (unpaired) electrons. The molecule has 3 fully saturated rings. The lowest BCUT2D eigenvalue weighted by molar-refractivity contribution is -0.187. The minimum atomic E-state index is -5.07. The van der Waals surface area contributed by atoms with Crippen LogP contribution in [0, 0.1) is 23.2 Å². The normalized spacial score (nSPS) is 20.6. The number of nitrogens with zero attached hydrogens (tertiary/aromatic N) is 6. The Morgan fingerprint density at radius 1 is 0.408 bits per heavy atom. The number of benzene rings is 9. The van der Waals surface area contributed by atoms with E-state index in [4.69, 9.17) is 4.74 Å². The van der Waals surface area contributed by atoms with Crippen molar-refractivity contribution < 1.29 is 87.2 Å². The maximum atomic E-state index is 14.8. The van der Waals surface area contributed by atoms with E-state index in [1.165, 1.54) is 17.0 Å². The molecule has 3 saturated heterocycles. The average molecular weight is 1770 g/mol. The average Bonchev–Trinajstić information content (AvgIpc) is 1.55. The lowest BCUT2D eigenvalue weighted by Gasteiger charge is -2.38. The van der Waals surface area contributed by atoms with E-state index in [1.54, 1.807) is 120 Å². The summed E-state index contributed by atoms with van der Waals surface area (Å²) in [6.45, 7) is 22.8. The van der Waals surface area contributed by atoms with Crippen molar-refractivity contribution in [1.29, 1.82) is 0 Å². The maximum Gasteiger partial charge on any atom is 0.471 e. The van der Waals surface area contributed by atoms with Crippen LogP contribution in [0.2, 0.25) is 0 Å². The van der Waals surface area contributed by atoms with Gasteiger partial charge in [0.25, 0.3) is 0 Å². The van der Waals surface area contributed by atoms with Gasteiger partial charge < -0.3 is 34.8 Å². The van der Waals surface area contributed by atoms with E-state index >= 15 is 0 Å². The number of halogens is 3. The topological polar surface area (TPSA) is 294 Å². The monoisotopic (exact) mass is 1760 g/mol. The standard InChI is InChI=1S/C34H40N2O5S.C33H38N2O6S.C30H29F3N2O5S/c1-22(2)31-34(16-17-35(31)30(38)20-33(3,4)5)27-12-7-8-13-28(27)36(32(34)39)26-11-9-10-23(18-26)24-14-15-25(21-37)29(19-24)42(6,40)41;1-21(2)29-33(16-17-34(29)31(38)41-32(3,4)5)26-12-7-8-13-27(26)35(30(33)37)25-11-9-10-22(18-25)23-14-15-24(20-36)28(19-23)42(6,39)40;1-18(2)26-29(13-14-34(26)28(38)30(31,32)33)23-9-4-5-10-24(23)35(27(29)37)22-8-6-7-19(15-22)20-11-12-21(17-36)25(16-20)41(3,39)40/h7-15,18-19,22,31,37H,16-17,20-21H2,1-6H3;7-15,18-19,21,29,36H,16-17,20H2,1-6H3;4-12,15-16,18,26,36H,13-14,17H2,1-3H3/t31-,34-;29-,33-;26-,29-/m000/s1. The van der Waals surface area contributed by atoms with Gasteiger partial charge in [0.1, 0.15) is 5.60 Å². The van der Waals surface area contributed by atoms with Crippen molar-refractivity contribution in [2.75, 3.05) is 53.1 Å². The molecule has 0 unspecified atom stereocenters. The van der Waals surface area contributed by atoms with Crippen molar-refractivity contribution in [3.8, 4) is 33.4 Å². The highest BCUT2D eigenvalue weighted by molar-refractivity contribution is 7.91. The second kappa shape index (κ2) is 34.1. The molecule has 0 bridgehead atoms. The number of para-hydroxylation sites is 3. The van der Waals surface area contributed by atoms with Crippen LogP contribution >= 0.6 is 0 Å². The summed E-state index contributed by atoms with van der Waals surface area (Å²) in [6.07, 6.45) is -0.693. The number of carbonyl (C=O) groups is 6. The first-order chi connectivity index (χ1) is 58.6. The molecule has 6 atom stereocenters. The van der Waals surface area contributed by atoms with E-state index in [1.807, 2.05) is 137 Å². The van der Waals surface area contributed by atoms with E-state index in [-0.39, 0.29) is 87.4 Å². The van der Waals surface area contributed by atoms with E-state index < -0.39 is 100 Å². The summed E-state index contributed by atoms with van der Waals surface area (Å²) < 4.78 is 121. The summed E-state index contributed by atoms with van der Waals surface area (Å²) in [5.74, 6) is -2.85.